The smallest absolute Gasteiger partial charge is 0.236 e. The molecule has 5 heteroatoms. The fourth-order valence-electron chi connectivity index (χ4n) is 1.52. The molecule has 90 valence electrons. The van der Waals surface area contributed by atoms with Crippen LogP contribution >= 0.6 is 11.6 Å². The molecular weight excluding hydrogens is 238 g/mol. The minimum Gasteiger partial charge on any atom is -0.368 e. The maximum absolute atomic E-state index is 11.0. The maximum Gasteiger partial charge on any atom is 0.236 e. The molecule has 0 spiro atoms. The van der Waals surface area contributed by atoms with Crippen molar-refractivity contribution in [3.8, 4) is 6.07 Å². The molecule has 2 N–H and O–H groups in total. The number of nitrogens with zero attached hydrogens (tertiary/aromatic N) is 2. The molecule has 0 heterocycles. The number of nitrogens with two attached hydrogens (primary N) is 1. The van der Waals surface area contributed by atoms with E-state index in [1.165, 1.54) is 0 Å². The second-order valence-corrected chi connectivity index (χ2v) is 4.37. The lowest BCUT2D eigenvalue weighted by atomic mass is 10.2. The number of anilines is 1. The lowest BCUT2D eigenvalue weighted by Gasteiger charge is -2.28. The topological polar surface area (TPSA) is 70.1 Å². The van der Waals surface area contributed by atoms with Crippen molar-refractivity contribution in [1.82, 2.24) is 0 Å². The number of carbonyl (C=O) groups excluding carboxylic acids is 1. The molecule has 1 amide bonds. The summed E-state index contributed by atoms with van der Waals surface area (Å²) in [6.07, 6.45) is 0. The van der Waals surface area contributed by atoms with Crippen LogP contribution in [0.4, 0.5) is 5.69 Å². The average Bonchev–Trinajstić information content (AvgIpc) is 2.25. The van der Waals surface area contributed by atoms with E-state index in [0.29, 0.717) is 16.3 Å². The molecule has 1 aromatic carbocycles. The number of amides is 1. The lowest BCUT2D eigenvalue weighted by Crippen LogP contribution is -2.38. The highest BCUT2D eigenvalue weighted by molar-refractivity contribution is 6.33. The van der Waals surface area contributed by atoms with E-state index in [4.69, 9.17) is 22.6 Å². The predicted octanol–water partition coefficient (Wildman–Crippen LogP) is 1.91. The summed E-state index contributed by atoms with van der Waals surface area (Å²) in [7, 11) is 0. The van der Waals surface area contributed by atoms with Gasteiger partial charge in [0, 0.05) is 6.04 Å². The molecule has 0 fully saturated rings. The van der Waals surface area contributed by atoms with E-state index in [1.807, 2.05) is 19.9 Å². The van der Waals surface area contributed by atoms with Gasteiger partial charge in [0.15, 0.2) is 0 Å². The van der Waals surface area contributed by atoms with Gasteiger partial charge in [0.1, 0.15) is 0 Å². The quantitative estimate of drug-likeness (QED) is 0.889. The van der Waals surface area contributed by atoms with Gasteiger partial charge in [-0.3, -0.25) is 4.79 Å². The largest absolute Gasteiger partial charge is 0.368 e. The van der Waals surface area contributed by atoms with Crippen LogP contribution in [0, 0.1) is 11.3 Å². The van der Waals surface area contributed by atoms with Crippen LogP contribution in [0.3, 0.4) is 0 Å². The van der Waals surface area contributed by atoms with Crippen molar-refractivity contribution in [3.63, 3.8) is 0 Å². The SMILES string of the molecule is CC(C)N(CC(N)=O)c1ccc(C#N)cc1Cl. The van der Waals surface area contributed by atoms with Crippen molar-refractivity contribution < 1.29 is 4.79 Å². The van der Waals surface area contributed by atoms with Gasteiger partial charge in [0.05, 0.1) is 28.9 Å². The van der Waals surface area contributed by atoms with Crippen LogP contribution < -0.4 is 10.6 Å². The normalized spacial score (nSPS) is 10.1. The number of halogens is 1. The summed E-state index contributed by atoms with van der Waals surface area (Å²) in [5.74, 6) is -0.417. The van der Waals surface area contributed by atoms with Crippen LogP contribution in [0.15, 0.2) is 18.2 Å². The molecule has 1 aromatic rings. The van der Waals surface area contributed by atoms with Crippen LogP contribution in [0.5, 0.6) is 0 Å². The van der Waals surface area contributed by atoms with Crippen molar-refractivity contribution in [1.29, 1.82) is 5.26 Å². The zero-order valence-electron chi connectivity index (χ0n) is 9.77. The average molecular weight is 252 g/mol. The highest BCUT2D eigenvalue weighted by atomic mass is 35.5. The maximum atomic E-state index is 11.0. The Bertz CT molecular complexity index is 465. The van der Waals surface area contributed by atoms with Crippen LogP contribution in [0.1, 0.15) is 19.4 Å². The van der Waals surface area contributed by atoms with Crippen LogP contribution in [0.25, 0.3) is 0 Å². The highest BCUT2D eigenvalue weighted by Crippen LogP contribution is 2.28. The molecule has 4 nitrogen and oxygen atoms in total. The number of carbonyl (C=O) groups is 1. The standard InChI is InChI=1S/C12H14ClN3O/c1-8(2)16(7-12(15)17)11-4-3-9(6-14)5-10(11)13/h3-5,8H,7H2,1-2H3,(H2,15,17). The molecule has 0 aliphatic heterocycles. The first-order chi connectivity index (χ1) is 7.95. The van der Waals surface area contributed by atoms with Gasteiger partial charge in [-0.15, -0.1) is 0 Å². The molecule has 0 aliphatic rings. The first kappa shape index (κ1) is 13.3. The molecule has 0 unspecified atom stereocenters. The van der Waals surface area contributed by atoms with Gasteiger partial charge in [-0.2, -0.15) is 5.26 Å². The summed E-state index contributed by atoms with van der Waals surface area (Å²) in [5.41, 5.74) is 6.39. The van der Waals surface area contributed by atoms with Crippen molar-refractivity contribution in [3.05, 3.63) is 28.8 Å². The van der Waals surface area contributed by atoms with Crippen molar-refractivity contribution in [2.75, 3.05) is 11.4 Å². The molecule has 0 saturated heterocycles. The Hall–Kier alpha value is -1.73. The van der Waals surface area contributed by atoms with Gasteiger partial charge >= 0.3 is 0 Å². The second-order valence-electron chi connectivity index (χ2n) is 3.97. The number of hydrogen-bond acceptors (Lipinski definition) is 3. The molecule has 0 saturated carbocycles. The van der Waals surface area contributed by atoms with Crippen LogP contribution in [-0.2, 0) is 4.79 Å². The highest BCUT2D eigenvalue weighted by Gasteiger charge is 2.16. The zero-order chi connectivity index (χ0) is 13.0. The number of primary amides is 1. The summed E-state index contributed by atoms with van der Waals surface area (Å²) >= 11 is 6.09. The van der Waals surface area contributed by atoms with Gasteiger partial charge in [-0.25, -0.2) is 0 Å². The van der Waals surface area contributed by atoms with E-state index in [2.05, 4.69) is 0 Å². The summed E-state index contributed by atoms with van der Waals surface area (Å²) in [6.45, 7) is 3.98. The molecule has 0 aromatic heterocycles. The predicted molar refractivity (Wildman–Crippen MR) is 67.8 cm³/mol. The fourth-order valence-corrected chi connectivity index (χ4v) is 1.81. The number of nitriles is 1. The fraction of sp³-hybridized carbons (Fsp3) is 0.333. The first-order valence-electron chi connectivity index (χ1n) is 5.20. The monoisotopic (exact) mass is 251 g/mol. The van der Waals surface area contributed by atoms with Gasteiger partial charge in [0.25, 0.3) is 0 Å². The Balaban J connectivity index is 3.11. The third-order valence-corrected chi connectivity index (χ3v) is 2.64. The van der Waals surface area contributed by atoms with E-state index >= 15 is 0 Å². The number of rotatable bonds is 4. The summed E-state index contributed by atoms with van der Waals surface area (Å²) in [4.78, 5) is 12.8. The van der Waals surface area contributed by atoms with Gasteiger partial charge in [-0.05, 0) is 32.0 Å². The molecule has 0 aliphatic carbocycles. The molecule has 0 atom stereocenters. The van der Waals surface area contributed by atoms with Gasteiger partial charge < -0.3 is 10.6 Å². The minimum atomic E-state index is -0.417. The summed E-state index contributed by atoms with van der Waals surface area (Å²) in [6, 6.07) is 7.07. The number of benzene rings is 1. The third-order valence-electron chi connectivity index (χ3n) is 2.34. The molecular formula is C12H14ClN3O. The van der Waals surface area contributed by atoms with Crippen LogP contribution in [-0.4, -0.2) is 18.5 Å². The summed E-state index contributed by atoms with van der Waals surface area (Å²) < 4.78 is 0. The minimum absolute atomic E-state index is 0.0907. The Morgan fingerprint density at radius 2 is 2.24 bits per heavy atom. The summed E-state index contributed by atoms with van der Waals surface area (Å²) in [5, 5.41) is 9.19. The van der Waals surface area contributed by atoms with E-state index < -0.39 is 5.91 Å². The van der Waals surface area contributed by atoms with Crippen molar-refractivity contribution in [2.24, 2.45) is 5.73 Å². The first-order valence-corrected chi connectivity index (χ1v) is 5.58. The Morgan fingerprint density at radius 3 is 2.65 bits per heavy atom. The Kier molecular flexibility index (Phi) is 4.36. The van der Waals surface area contributed by atoms with E-state index in [-0.39, 0.29) is 12.6 Å². The van der Waals surface area contributed by atoms with Crippen molar-refractivity contribution >= 4 is 23.2 Å². The van der Waals surface area contributed by atoms with Crippen LogP contribution in [0.2, 0.25) is 5.02 Å². The van der Waals surface area contributed by atoms with Gasteiger partial charge in [0.2, 0.25) is 5.91 Å². The van der Waals surface area contributed by atoms with Gasteiger partial charge in [-0.1, -0.05) is 11.6 Å². The molecule has 1 rings (SSSR count). The van der Waals surface area contributed by atoms with E-state index in [0.717, 1.165) is 0 Å². The van der Waals surface area contributed by atoms with Crippen molar-refractivity contribution in [2.45, 2.75) is 19.9 Å². The third kappa shape index (κ3) is 3.36. The molecule has 17 heavy (non-hydrogen) atoms. The Morgan fingerprint density at radius 1 is 1.59 bits per heavy atom. The molecule has 0 bridgehead atoms. The van der Waals surface area contributed by atoms with E-state index in [1.54, 1.807) is 23.1 Å². The second kappa shape index (κ2) is 5.55. The lowest BCUT2D eigenvalue weighted by molar-refractivity contribution is -0.116. The molecule has 0 radical (unpaired) electrons. The zero-order valence-corrected chi connectivity index (χ0v) is 10.5. The number of hydrogen-bond donors (Lipinski definition) is 1. The Labute approximate surface area is 106 Å². The van der Waals surface area contributed by atoms with E-state index in [9.17, 15) is 4.79 Å².